The van der Waals surface area contributed by atoms with E-state index in [4.69, 9.17) is 4.74 Å². The van der Waals surface area contributed by atoms with E-state index in [1.807, 2.05) is 19.1 Å². The van der Waals surface area contributed by atoms with Crippen LogP contribution in [0.25, 0.3) is 0 Å². The number of aryl methyl sites for hydroxylation is 1. The Labute approximate surface area is 77.5 Å². The minimum Gasteiger partial charge on any atom is -0.490 e. The average Bonchev–Trinajstić information content (AvgIpc) is 2.93. The smallest absolute Gasteiger partial charge is 0.150 e. The summed E-state index contributed by atoms with van der Waals surface area (Å²) in [5.41, 5.74) is 1.78. The normalized spacial score (nSPS) is 15.5. The average molecular weight is 176 g/mol. The first-order valence-electron chi connectivity index (χ1n) is 4.52. The van der Waals surface area contributed by atoms with Gasteiger partial charge in [-0.2, -0.15) is 0 Å². The molecule has 13 heavy (non-hydrogen) atoms. The molecule has 1 aliphatic carbocycles. The van der Waals surface area contributed by atoms with Crippen LogP contribution in [0, 0.1) is 6.92 Å². The van der Waals surface area contributed by atoms with Crippen molar-refractivity contribution in [1.82, 2.24) is 0 Å². The molecular formula is C11H12O2. The summed E-state index contributed by atoms with van der Waals surface area (Å²) in [5, 5.41) is 0. The summed E-state index contributed by atoms with van der Waals surface area (Å²) < 4.78 is 5.64. The topological polar surface area (TPSA) is 26.3 Å². The van der Waals surface area contributed by atoms with Gasteiger partial charge in [-0.25, -0.2) is 0 Å². The fraction of sp³-hybridized carbons (Fsp3) is 0.364. The summed E-state index contributed by atoms with van der Waals surface area (Å²) in [4.78, 5) is 10.5. The Bertz CT molecular complexity index is 327. The van der Waals surface area contributed by atoms with Gasteiger partial charge < -0.3 is 4.74 Å². The molecule has 0 unspecified atom stereocenters. The molecule has 2 nitrogen and oxygen atoms in total. The van der Waals surface area contributed by atoms with Crippen LogP contribution in [-0.4, -0.2) is 12.4 Å². The van der Waals surface area contributed by atoms with E-state index in [2.05, 4.69) is 0 Å². The molecule has 0 bridgehead atoms. The maximum absolute atomic E-state index is 10.5. The summed E-state index contributed by atoms with van der Waals surface area (Å²) in [7, 11) is 0. The first-order valence-corrected chi connectivity index (χ1v) is 4.52. The summed E-state index contributed by atoms with van der Waals surface area (Å²) in [5.74, 6) is 0.854. The van der Waals surface area contributed by atoms with Crippen molar-refractivity contribution in [3.05, 3.63) is 29.3 Å². The van der Waals surface area contributed by atoms with E-state index in [9.17, 15) is 4.79 Å². The molecule has 1 fully saturated rings. The third-order valence-electron chi connectivity index (χ3n) is 2.17. The number of rotatable bonds is 3. The number of hydrogen-bond donors (Lipinski definition) is 0. The summed E-state index contributed by atoms with van der Waals surface area (Å²) >= 11 is 0. The van der Waals surface area contributed by atoms with Crippen molar-refractivity contribution in [2.24, 2.45) is 0 Å². The van der Waals surface area contributed by atoms with Crippen molar-refractivity contribution in [3.8, 4) is 5.75 Å². The second-order valence-electron chi connectivity index (χ2n) is 3.46. The predicted molar refractivity (Wildman–Crippen MR) is 50.2 cm³/mol. The van der Waals surface area contributed by atoms with E-state index in [0.717, 1.165) is 30.4 Å². The Balaban J connectivity index is 2.24. The summed E-state index contributed by atoms with van der Waals surface area (Å²) in [6.07, 6.45) is 3.52. The molecule has 0 heterocycles. The zero-order chi connectivity index (χ0) is 9.26. The predicted octanol–water partition coefficient (Wildman–Crippen LogP) is 2.35. The van der Waals surface area contributed by atoms with Crippen LogP contribution in [0.3, 0.4) is 0 Å². The molecule has 0 spiro atoms. The van der Waals surface area contributed by atoms with E-state index in [0.29, 0.717) is 11.7 Å². The Hall–Kier alpha value is -1.31. The Morgan fingerprint density at radius 2 is 2.23 bits per heavy atom. The van der Waals surface area contributed by atoms with Crippen LogP contribution >= 0.6 is 0 Å². The van der Waals surface area contributed by atoms with Gasteiger partial charge in [0.15, 0.2) is 0 Å². The number of carbonyl (C=O) groups excluding carboxylic acids is 1. The van der Waals surface area contributed by atoms with Gasteiger partial charge in [-0.3, -0.25) is 4.79 Å². The highest BCUT2D eigenvalue weighted by Crippen LogP contribution is 2.29. The van der Waals surface area contributed by atoms with Crippen molar-refractivity contribution in [3.63, 3.8) is 0 Å². The number of aldehydes is 1. The molecule has 0 saturated heterocycles. The molecule has 0 amide bonds. The minimum atomic E-state index is 0.389. The van der Waals surface area contributed by atoms with Gasteiger partial charge in [0.2, 0.25) is 0 Å². The lowest BCUT2D eigenvalue weighted by atomic mass is 10.1. The molecule has 0 N–H and O–H groups in total. The lowest BCUT2D eigenvalue weighted by Gasteiger charge is -2.07. The summed E-state index contributed by atoms with van der Waals surface area (Å²) in [6, 6.07) is 5.53. The van der Waals surface area contributed by atoms with Gasteiger partial charge >= 0.3 is 0 Å². The molecule has 68 valence electrons. The number of hydrogen-bond acceptors (Lipinski definition) is 2. The molecule has 1 aromatic carbocycles. The van der Waals surface area contributed by atoms with E-state index >= 15 is 0 Å². The van der Waals surface area contributed by atoms with Crippen molar-refractivity contribution in [1.29, 1.82) is 0 Å². The first-order chi connectivity index (χ1) is 6.29. The maximum atomic E-state index is 10.5. The Morgan fingerprint density at radius 3 is 2.85 bits per heavy atom. The molecule has 1 aromatic rings. The number of carbonyl (C=O) groups is 1. The SMILES string of the molecule is Cc1ccc(C=O)cc1OC1CC1. The van der Waals surface area contributed by atoms with E-state index in [1.165, 1.54) is 0 Å². The quantitative estimate of drug-likeness (QED) is 0.661. The van der Waals surface area contributed by atoms with Crippen LogP contribution in [0.2, 0.25) is 0 Å². The van der Waals surface area contributed by atoms with E-state index in [1.54, 1.807) is 6.07 Å². The fourth-order valence-electron chi connectivity index (χ4n) is 1.18. The Kier molecular flexibility index (Phi) is 2.05. The molecule has 1 aliphatic rings. The zero-order valence-electron chi connectivity index (χ0n) is 7.62. The lowest BCUT2D eigenvalue weighted by Crippen LogP contribution is -1.98. The van der Waals surface area contributed by atoms with Gasteiger partial charge in [0.25, 0.3) is 0 Å². The largest absolute Gasteiger partial charge is 0.490 e. The van der Waals surface area contributed by atoms with Gasteiger partial charge in [-0.05, 0) is 31.4 Å². The Morgan fingerprint density at radius 1 is 1.46 bits per heavy atom. The minimum absolute atomic E-state index is 0.389. The highest BCUT2D eigenvalue weighted by Gasteiger charge is 2.24. The molecule has 1 saturated carbocycles. The molecule has 0 aromatic heterocycles. The monoisotopic (exact) mass is 176 g/mol. The highest BCUT2D eigenvalue weighted by molar-refractivity contribution is 5.75. The fourth-order valence-corrected chi connectivity index (χ4v) is 1.18. The van der Waals surface area contributed by atoms with Gasteiger partial charge in [-0.15, -0.1) is 0 Å². The third-order valence-corrected chi connectivity index (χ3v) is 2.17. The number of ether oxygens (including phenoxy) is 1. The first kappa shape index (κ1) is 8.30. The molecule has 0 aliphatic heterocycles. The maximum Gasteiger partial charge on any atom is 0.150 e. The second kappa shape index (κ2) is 3.21. The van der Waals surface area contributed by atoms with Crippen molar-refractivity contribution in [2.45, 2.75) is 25.9 Å². The van der Waals surface area contributed by atoms with Crippen LogP contribution in [0.5, 0.6) is 5.75 Å². The van der Waals surface area contributed by atoms with Gasteiger partial charge in [0.1, 0.15) is 12.0 Å². The van der Waals surface area contributed by atoms with Crippen LogP contribution < -0.4 is 4.74 Å². The molecule has 0 atom stereocenters. The third kappa shape index (κ3) is 1.89. The zero-order valence-corrected chi connectivity index (χ0v) is 7.62. The second-order valence-corrected chi connectivity index (χ2v) is 3.46. The van der Waals surface area contributed by atoms with Crippen molar-refractivity contribution >= 4 is 6.29 Å². The van der Waals surface area contributed by atoms with Crippen molar-refractivity contribution < 1.29 is 9.53 Å². The van der Waals surface area contributed by atoms with E-state index < -0.39 is 0 Å². The summed E-state index contributed by atoms with van der Waals surface area (Å²) in [6.45, 7) is 1.99. The van der Waals surface area contributed by atoms with Gasteiger partial charge in [0.05, 0.1) is 6.10 Å². The lowest BCUT2D eigenvalue weighted by molar-refractivity contribution is 0.112. The number of benzene rings is 1. The highest BCUT2D eigenvalue weighted by atomic mass is 16.5. The van der Waals surface area contributed by atoms with E-state index in [-0.39, 0.29) is 0 Å². The van der Waals surface area contributed by atoms with Crippen LogP contribution in [0.1, 0.15) is 28.8 Å². The van der Waals surface area contributed by atoms with Gasteiger partial charge in [0, 0.05) is 5.56 Å². The molecule has 0 radical (unpaired) electrons. The standard InChI is InChI=1S/C11H12O2/c1-8-2-3-9(7-12)6-11(8)13-10-4-5-10/h2-3,6-7,10H,4-5H2,1H3. The molecule has 2 heteroatoms. The van der Waals surface area contributed by atoms with Crippen molar-refractivity contribution in [2.75, 3.05) is 0 Å². The molecular weight excluding hydrogens is 164 g/mol. The van der Waals surface area contributed by atoms with Crippen LogP contribution in [-0.2, 0) is 0 Å². The molecule has 2 rings (SSSR count). The van der Waals surface area contributed by atoms with Crippen LogP contribution in [0.4, 0.5) is 0 Å². The van der Waals surface area contributed by atoms with Crippen LogP contribution in [0.15, 0.2) is 18.2 Å². The van der Waals surface area contributed by atoms with Gasteiger partial charge in [-0.1, -0.05) is 12.1 Å².